The molecule has 0 spiro atoms. The summed E-state index contributed by atoms with van der Waals surface area (Å²) in [6.45, 7) is 2.68. The zero-order chi connectivity index (χ0) is 11.5. The van der Waals surface area contributed by atoms with E-state index in [0.717, 1.165) is 13.1 Å². The van der Waals surface area contributed by atoms with Crippen LogP contribution in [0.1, 0.15) is 10.4 Å². The van der Waals surface area contributed by atoms with Crippen molar-refractivity contribution in [3.05, 3.63) is 22.1 Å². The third-order valence-electron chi connectivity index (χ3n) is 2.45. The molecule has 7 heteroatoms. The lowest BCUT2D eigenvalue weighted by molar-refractivity contribution is 0.0733. The number of aromatic nitrogens is 2. The molecule has 4 N–H and O–H groups in total. The quantitative estimate of drug-likeness (QED) is 0.532. The Bertz CT molecular complexity index is 449. The Kier molecular flexibility index (Phi) is 2.86. The van der Waals surface area contributed by atoms with Gasteiger partial charge in [0.15, 0.2) is 5.95 Å². The van der Waals surface area contributed by atoms with Crippen molar-refractivity contribution < 1.29 is 4.79 Å². The van der Waals surface area contributed by atoms with E-state index in [4.69, 9.17) is 5.73 Å². The number of amides is 1. The Morgan fingerprint density at radius 3 is 2.75 bits per heavy atom. The van der Waals surface area contributed by atoms with Crippen LogP contribution < -0.4 is 16.6 Å². The summed E-state index contributed by atoms with van der Waals surface area (Å²) in [4.78, 5) is 31.1. The monoisotopic (exact) mass is 223 g/mol. The standard InChI is InChI=1S/C9H13N5O2/c10-9-12-5-6(7(15)13-9)8(16)14-3-1-11-2-4-14/h5,11H,1-4H2,(H3,10,12,13,15). The molecule has 1 fully saturated rings. The summed E-state index contributed by atoms with van der Waals surface area (Å²) in [7, 11) is 0. The lowest BCUT2D eigenvalue weighted by atomic mass is 10.2. The van der Waals surface area contributed by atoms with Crippen molar-refractivity contribution in [2.45, 2.75) is 0 Å². The average molecular weight is 223 g/mol. The van der Waals surface area contributed by atoms with E-state index in [1.165, 1.54) is 6.20 Å². The highest BCUT2D eigenvalue weighted by Gasteiger charge is 2.20. The molecule has 0 unspecified atom stereocenters. The SMILES string of the molecule is Nc1ncc(C(=O)N2CCNCC2)c(=O)[nH]1. The van der Waals surface area contributed by atoms with Crippen LogP contribution in [0.15, 0.2) is 11.0 Å². The smallest absolute Gasteiger partial charge is 0.265 e. The zero-order valence-corrected chi connectivity index (χ0v) is 8.69. The number of piperazine rings is 1. The molecule has 2 heterocycles. The minimum Gasteiger partial charge on any atom is -0.369 e. The van der Waals surface area contributed by atoms with Gasteiger partial charge in [0.25, 0.3) is 11.5 Å². The van der Waals surface area contributed by atoms with Gasteiger partial charge in [-0.25, -0.2) is 4.98 Å². The van der Waals surface area contributed by atoms with Crippen LogP contribution in [0.4, 0.5) is 5.95 Å². The highest BCUT2D eigenvalue weighted by molar-refractivity contribution is 5.93. The summed E-state index contributed by atoms with van der Waals surface area (Å²) in [5.41, 5.74) is 4.85. The van der Waals surface area contributed by atoms with Gasteiger partial charge in [-0.05, 0) is 0 Å². The second-order valence-corrected chi connectivity index (χ2v) is 3.55. The van der Waals surface area contributed by atoms with Gasteiger partial charge in [0.2, 0.25) is 0 Å². The maximum Gasteiger partial charge on any atom is 0.265 e. The molecular formula is C9H13N5O2. The molecular weight excluding hydrogens is 210 g/mol. The Morgan fingerprint density at radius 1 is 1.44 bits per heavy atom. The van der Waals surface area contributed by atoms with Crippen LogP contribution in [0.3, 0.4) is 0 Å². The van der Waals surface area contributed by atoms with E-state index in [9.17, 15) is 9.59 Å². The van der Waals surface area contributed by atoms with E-state index in [2.05, 4.69) is 15.3 Å². The minimum absolute atomic E-state index is 0.0156. The molecule has 7 nitrogen and oxygen atoms in total. The number of hydrogen-bond donors (Lipinski definition) is 3. The number of aromatic amines is 1. The molecule has 1 aliphatic rings. The third kappa shape index (κ3) is 2.03. The van der Waals surface area contributed by atoms with Crippen LogP contribution >= 0.6 is 0 Å². The Morgan fingerprint density at radius 2 is 2.12 bits per heavy atom. The van der Waals surface area contributed by atoms with Gasteiger partial charge in [0.1, 0.15) is 5.56 Å². The molecule has 1 aliphatic heterocycles. The van der Waals surface area contributed by atoms with Crippen LogP contribution in [-0.2, 0) is 0 Å². The number of anilines is 1. The zero-order valence-electron chi connectivity index (χ0n) is 8.69. The van der Waals surface area contributed by atoms with Crippen molar-refractivity contribution >= 4 is 11.9 Å². The second-order valence-electron chi connectivity index (χ2n) is 3.55. The lowest BCUT2D eigenvalue weighted by Crippen LogP contribution is -2.47. The van der Waals surface area contributed by atoms with Gasteiger partial charge in [-0.15, -0.1) is 0 Å². The Labute approximate surface area is 91.7 Å². The number of nitrogens with two attached hydrogens (primary N) is 1. The van der Waals surface area contributed by atoms with Gasteiger partial charge in [-0.3, -0.25) is 14.6 Å². The number of carbonyl (C=O) groups excluding carboxylic acids is 1. The van der Waals surface area contributed by atoms with Crippen LogP contribution in [0.2, 0.25) is 0 Å². The molecule has 1 aromatic rings. The van der Waals surface area contributed by atoms with Gasteiger partial charge in [-0.2, -0.15) is 0 Å². The van der Waals surface area contributed by atoms with Crippen molar-refractivity contribution in [2.24, 2.45) is 0 Å². The molecule has 2 rings (SSSR count). The number of nitrogen functional groups attached to an aromatic ring is 1. The van der Waals surface area contributed by atoms with Gasteiger partial charge in [0, 0.05) is 32.4 Å². The maximum atomic E-state index is 11.9. The predicted molar refractivity (Wildman–Crippen MR) is 58.0 cm³/mol. The molecule has 16 heavy (non-hydrogen) atoms. The number of nitrogens with zero attached hydrogens (tertiary/aromatic N) is 2. The van der Waals surface area contributed by atoms with Crippen molar-refractivity contribution in [1.29, 1.82) is 0 Å². The fourth-order valence-electron chi connectivity index (χ4n) is 1.60. The molecule has 0 saturated carbocycles. The maximum absolute atomic E-state index is 11.9. The molecule has 0 radical (unpaired) electrons. The number of rotatable bonds is 1. The number of H-pyrrole nitrogens is 1. The average Bonchev–Trinajstić information content (AvgIpc) is 2.29. The molecule has 0 aliphatic carbocycles. The summed E-state index contributed by atoms with van der Waals surface area (Å²) in [5, 5.41) is 3.13. The van der Waals surface area contributed by atoms with E-state index < -0.39 is 5.56 Å². The molecule has 86 valence electrons. The summed E-state index contributed by atoms with van der Waals surface area (Å²) in [5.74, 6) is -0.280. The topological polar surface area (TPSA) is 104 Å². The van der Waals surface area contributed by atoms with E-state index in [1.807, 2.05) is 0 Å². The molecule has 1 saturated heterocycles. The normalized spacial score (nSPS) is 16.1. The Hall–Kier alpha value is -1.89. The predicted octanol–water partition coefficient (Wildman–Crippen LogP) is -1.60. The first kappa shape index (κ1) is 10.6. The molecule has 0 bridgehead atoms. The third-order valence-corrected chi connectivity index (χ3v) is 2.45. The van der Waals surface area contributed by atoms with Crippen LogP contribution in [0.25, 0.3) is 0 Å². The van der Waals surface area contributed by atoms with Gasteiger partial charge in [-0.1, -0.05) is 0 Å². The summed E-state index contributed by atoms with van der Waals surface area (Å²) >= 11 is 0. The largest absolute Gasteiger partial charge is 0.369 e. The van der Waals surface area contributed by atoms with E-state index in [-0.39, 0.29) is 17.4 Å². The van der Waals surface area contributed by atoms with Gasteiger partial charge in [0.05, 0.1) is 0 Å². The van der Waals surface area contributed by atoms with E-state index in [0.29, 0.717) is 13.1 Å². The Balaban J connectivity index is 2.23. The molecule has 0 atom stereocenters. The minimum atomic E-state index is -0.490. The van der Waals surface area contributed by atoms with E-state index >= 15 is 0 Å². The van der Waals surface area contributed by atoms with Crippen LogP contribution in [-0.4, -0.2) is 47.0 Å². The highest BCUT2D eigenvalue weighted by atomic mass is 16.2. The number of carbonyl (C=O) groups is 1. The number of nitrogens with one attached hydrogen (secondary N) is 2. The van der Waals surface area contributed by atoms with Crippen LogP contribution in [0, 0.1) is 0 Å². The van der Waals surface area contributed by atoms with Crippen molar-refractivity contribution in [1.82, 2.24) is 20.2 Å². The molecule has 1 amide bonds. The van der Waals surface area contributed by atoms with E-state index in [1.54, 1.807) is 4.90 Å². The van der Waals surface area contributed by atoms with Crippen molar-refractivity contribution in [3.63, 3.8) is 0 Å². The molecule has 1 aromatic heterocycles. The lowest BCUT2D eigenvalue weighted by Gasteiger charge is -2.26. The second kappa shape index (κ2) is 4.31. The summed E-state index contributed by atoms with van der Waals surface area (Å²) < 4.78 is 0. The fraction of sp³-hybridized carbons (Fsp3) is 0.444. The fourth-order valence-corrected chi connectivity index (χ4v) is 1.60. The van der Waals surface area contributed by atoms with Crippen molar-refractivity contribution in [2.75, 3.05) is 31.9 Å². The summed E-state index contributed by atoms with van der Waals surface area (Å²) in [6, 6.07) is 0. The number of hydrogen-bond acceptors (Lipinski definition) is 5. The first-order valence-corrected chi connectivity index (χ1v) is 5.03. The van der Waals surface area contributed by atoms with Gasteiger partial charge >= 0.3 is 0 Å². The summed E-state index contributed by atoms with van der Waals surface area (Å²) in [6.07, 6.45) is 1.22. The first-order chi connectivity index (χ1) is 7.68. The van der Waals surface area contributed by atoms with Crippen molar-refractivity contribution in [3.8, 4) is 0 Å². The highest BCUT2D eigenvalue weighted by Crippen LogP contribution is 2.00. The van der Waals surface area contributed by atoms with Crippen LogP contribution in [0.5, 0.6) is 0 Å². The van der Waals surface area contributed by atoms with Gasteiger partial charge < -0.3 is 16.0 Å². The first-order valence-electron chi connectivity index (χ1n) is 5.03. The molecule has 0 aromatic carbocycles.